The Morgan fingerprint density at radius 1 is 1.13 bits per heavy atom. The number of halogens is 1. The number of rotatable bonds is 15. The number of allylic oxidation sites excluding steroid dienone is 4. The zero-order valence-corrected chi connectivity index (χ0v) is 30.1. The van der Waals surface area contributed by atoms with Crippen molar-refractivity contribution in [3.05, 3.63) is 101 Å². The number of ether oxygens (including phenoxy) is 1. The molecule has 1 amide bonds. The lowest BCUT2D eigenvalue weighted by Crippen LogP contribution is -2.59. The fourth-order valence-corrected chi connectivity index (χ4v) is 8.92. The third kappa shape index (κ3) is 9.02. The van der Waals surface area contributed by atoms with Gasteiger partial charge in [-0.1, -0.05) is 113 Å². The van der Waals surface area contributed by atoms with Crippen molar-refractivity contribution >= 4 is 33.5 Å². The van der Waals surface area contributed by atoms with Gasteiger partial charge in [0.1, 0.15) is 12.6 Å². The number of hydrogen-bond donors (Lipinski definition) is 2. The molecule has 0 spiro atoms. The number of nitrogens with zero attached hydrogens (tertiary/aromatic N) is 1. The van der Waals surface area contributed by atoms with Gasteiger partial charge in [0.25, 0.3) is 0 Å². The number of hydrogen-bond acceptors (Lipinski definition) is 5. The van der Waals surface area contributed by atoms with E-state index in [4.69, 9.17) is 16.3 Å². The first kappa shape index (κ1) is 38.2. The number of amides is 1. The van der Waals surface area contributed by atoms with Gasteiger partial charge in [-0.2, -0.15) is 4.31 Å². The third-order valence-corrected chi connectivity index (χ3v) is 11.3. The molecule has 0 fully saturated rings. The van der Waals surface area contributed by atoms with E-state index in [1.54, 1.807) is 47.6 Å². The number of aryl methyl sites for hydroxylation is 1. The van der Waals surface area contributed by atoms with Crippen LogP contribution in [0.15, 0.2) is 94.4 Å². The molecule has 0 radical (unpaired) electrons. The molecule has 2 aromatic carbocycles. The van der Waals surface area contributed by atoms with E-state index in [2.05, 4.69) is 5.32 Å². The molecule has 0 aliphatic carbocycles. The highest BCUT2D eigenvalue weighted by molar-refractivity contribution is 7.89. The monoisotopic (exact) mass is 684 g/mol. The van der Waals surface area contributed by atoms with Crippen LogP contribution >= 0.6 is 11.6 Å². The summed E-state index contributed by atoms with van der Waals surface area (Å²) in [5, 5.41) is 12.9. The van der Waals surface area contributed by atoms with E-state index >= 15 is 0 Å². The van der Waals surface area contributed by atoms with E-state index in [0.717, 1.165) is 11.1 Å². The highest BCUT2D eigenvalue weighted by Crippen LogP contribution is 2.51. The molecule has 0 saturated heterocycles. The van der Waals surface area contributed by atoms with Crippen molar-refractivity contribution in [1.29, 1.82) is 0 Å². The minimum Gasteiger partial charge on any atom is -0.480 e. The van der Waals surface area contributed by atoms with Crippen LogP contribution in [0.1, 0.15) is 65.5 Å². The van der Waals surface area contributed by atoms with Gasteiger partial charge >= 0.3 is 5.97 Å². The van der Waals surface area contributed by atoms with E-state index in [1.165, 1.54) is 0 Å². The maximum absolute atomic E-state index is 14.8. The van der Waals surface area contributed by atoms with Gasteiger partial charge in [-0.15, -0.1) is 0 Å². The summed E-state index contributed by atoms with van der Waals surface area (Å²) in [5.74, 6) is -1.92. The number of nitrogens with one attached hydrogen (secondary N) is 1. The molecular formula is C37H49ClN2O6S. The fourth-order valence-electron chi connectivity index (χ4n) is 6.36. The van der Waals surface area contributed by atoms with Crippen LogP contribution in [-0.2, 0) is 30.8 Å². The first-order valence-electron chi connectivity index (χ1n) is 16.0. The molecule has 10 heteroatoms. The largest absolute Gasteiger partial charge is 0.480 e. The smallest absolute Gasteiger partial charge is 0.326 e. The lowest BCUT2D eigenvalue weighted by atomic mass is 9.76. The molecule has 47 heavy (non-hydrogen) atoms. The lowest BCUT2D eigenvalue weighted by Gasteiger charge is -2.48. The number of carboxylic acids is 1. The van der Waals surface area contributed by atoms with Crippen LogP contribution in [0, 0.1) is 18.3 Å². The summed E-state index contributed by atoms with van der Waals surface area (Å²) in [7, 11) is -4.02. The third-order valence-electron chi connectivity index (χ3n) is 8.88. The molecule has 0 bridgehead atoms. The Labute approximate surface area is 285 Å². The predicted octanol–water partition coefficient (Wildman–Crippen LogP) is 7.04. The molecule has 3 rings (SSSR count). The van der Waals surface area contributed by atoms with E-state index in [0.29, 0.717) is 23.4 Å². The average Bonchev–Trinajstić information content (AvgIpc) is 3.38. The van der Waals surface area contributed by atoms with E-state index in [-0.39, 0.29) is 30.4 Å². The zero-order chi connectivity index (χ0) is 35.0. The first-order chi connectivity index (χ1) is 22.1. The second-order valence-corrected chi connectivity index (χ2v) is 15.4. The molecule has 1 aliphatic heterocycles. The maximum atomic E-state index is 14.8. The second-order valence-electron chi connectivity index (χ2n) is 13.2. The maximum Gasteiger partial charge on any atom is 0.326 e. The Kier molecular flexibility index (Phi) is 13.2. The van der Waals surface area contributed by atoms with E-state index in [9.17, 15) is 23.1 Å². The van der Waals surface area contributed by atoms with Crippen LogP contribution in [0.4, 0.5) is 0 Å². The highest BCUT2D eigenvalue weighted by Gasteiger charge is 2.57. The Hall–Kier alpha value is -3.24. The molecule has 2 N–H and O–H groups in total. The summed E-state index contributed by atoms with van der Waals surface area (Å²) in [5.41, 5.74) is 0.737. The van der Waals surface area contributed by atoms with E-state index < -0.39 is 44.9 Å². The SMILES string of the molecule is CC=C(Cl)C=CCC(C)C1(CC)C(COCC(=O)NC(Cc2ccccc2)C(=O)O)=CC(C(C)(C)C)N1S(=O)(=O)c1ccccc1C. The van der Waals surface area contributed by atoms with Gasteiger partial charge in [-0.3, -0.25) is 4.79 Å². The van der Waals surface area contributed by atoms with Crippen LogP contribution in [0.25, 0.3) is 0 Å². The number of sulfonamides is 1. The van der Waals surface area contributed by atoms with E-state index in [1.807, 2.05) is 84.0 Å². The lowest BCUT2D eigenvalue weighted by molar-refractivity contribution is -0.142. The Morgan fingerprint density at radius 3 is 2.34 bits per heavy atom. The topological polar surface area (TPSA) is 113 Å². The summed E-state index contributed by atoms with van der Waals surface area (Å²) in [6.45, 7) is 13.3. The number of aliphatic carboxylic acids is 1. The van der Waals surface area contributed by atoms with Crippen molar-refractivity contribution in [2.75, 3.05) is 13.2 Å². The van der Waals surface area contributed by atoms with Crippen LogP contribution in [0.3, 0.4) is 0 Å². The molecule has 0 aromatic heterocycles. The Balaban J connectivity index is 1.98. The summed E-state index contributed by atoms with van der Waals surface area (Å²) < 4.78 is 37.2. The molecule has 1 aliphatic rings. The Bertz CT molecular complexity index is 1600. The number of carbonyl (C=O) groups excluding carboxylic acids is 1. The van der Waals surface area contributed by atoms with Crippen molar-refractivity contribution in [3.8, 4) is 0 Å². The van der Waals surface area contributed by atoms with Gasteiger partial charge in [-0.25, -0.2) is 13.2 Å². The normalized spacial score (nSPS) is 20.6. The van der Waals surface area contributed by atoms with Crippen LogP contribution < -0.4 is 5.32 Å². The Morgan fingerprint density at radius 2 is 1.77 bits per heavy atom. The van der Waals surface area contributed by atoms with Gasteiger partial charge in [0, 0.05) is 17.5 Å². The molecular weight excluding hydrogens is 636 g/mol. The number of benzene rings is 2. The van der Waals surface area contributed by atoms with Crippen molar-refractivity contribution in [1.82, 2.24) is 9.62 Å². The summed E-state index contributed by atoms with van der Waals surface area (Å²) >= 11 is 6.25. The first-order valence-corrected chi connectivity index (χ1v) is 17.8. The van der Waals surface area contributed by atoms with Crippen LogP contribution in [0.5, 0.6) is 0 Å². The summed E-state index contributed by atoms with van der Waals surface area (Å²) in [6, 6.07) is 14.5. The average molecular weight is 685 g/mol. The van der Waals surface area contributed by atoms with Gasteiger partial charge in [0.05, 0.1) is 17.0 Å². The fraction of sp³-hybridized carbons (Fsp3) is 0.459. The molecule has 2 aromatic rings. The molecule has 4 atom stereocenters. The standard InChI is InChI=1S/C37H49ClN2O6S/c1-8-30(38)20-15-17-27(4)37(9-2)29(24-46-25-34(41)39-31(35(42)43)22-28-18-11-10-12-19-28)23-33(36(5,6)7)40(37)47(44,45)32-21-14-13-16-26(32)3/h8,10-16,18-21,23,27,31,33H,9,17,22,24-25H2,1-7H3,(H,39,41)(H,42,43). The van der Waals surface area contributed by atoms with Gasteiger partial charge in [-0.05, 0) is 66.9 Å². The van der Waals surface area contributed by atoms with Crippen molar-refractivity contribution in [2.45, 2.75) is 90.2 Å². The quantitative estimate of drug-likeness (QED) is 0.154. The number of carbonyl (C=O) groups is 2. The minimum absolute atomic E-state index is 0.00622. The van der Waals surface area contributed by atoms with Gasteiger partial charge < -0.3 is 15.2 Å². The molecule has 1 heterocycles. The van der Waals surface area contributed by atoms with Crippen molar-refractivity contribution in [3.63, 3.8) is 0 Å². The van der Waals surface area contributed by atoms with Crippen LogP contribution in [-0.4, -0.2) is 60.5 Å². The van der Waals surface area contributed by atoms with Crippen LogP contribution in [0.2, 0.25) is 0 Å². The van der Waals surface area contributed by atoms with Crippen molar-refractivity contribution < 1.29 is 27.9 Å². The molecule has 0 saturated carbocycles. The van der Waals surface area contributed by atoms with Gasteiger partial charge in [0.15, 0.2) is 0 Å². The van der Waals surface area contributed by atoms with Crippen molar-refractivity contribution in [2.24, 2.45) is 11.3 Å². The molecule has 8 nitrogen and oxygen atoms in total. The zero-order valence-electron chi connectivity index (χ0n) is 28.5. The van der Waals surface area contributed by atoms with Gasteiger partial charge in [0.2, 0.25) is 15.9 Å². The predicted molar refractivity (Wildman–Crippen MR) is 188 cm³/mol. The molecule has 256 valence electrons. The number of carboxylic acid groups (broad SMARTS) is 1. The summed E-state index contributed by atoms with van der Waals surface area (Å²) in [4.78, 5) is 25.1. The highest BCUT2D eigenvalue weighted by atomic mass is 35.5. The molecule has 4 unspecified atom stereocenters. The minimum atomic E-state index is -4.02. The second kappa shape index (κ2) is 16.2. The summed E-state index contributed by atoms with van der Waals surface area (Å²) in [6.07, 6.45) is 8.67.